The smallest absolute Gasteiger partial charge is 0.257 e. The third-order valence-corrected chi connectivity index (χ3v) is 6.33. The predicted octanol–water partition coefficient (Wildman–Crippen LogP) is 5.64. The number of rotatable bonds is 9. The Labute approximate surface area is 194 Å². The van der Waals surface area contributed by atoms with Crippen molar-refractivity contribution < 1.29 is 14.3 Å². The first kappa shape index (κ1) is 21.9. The molecule has 8 heteroatoms. The molecule has 4 aromatic rings. The minimum Gasteiger partial charge on any atom is -0.497 e. The molecule has 0 aliphatic heterocycles. The lowest BCUT2D eigenvalue weighted by atomic mass is 10.2. The number of methoxy groups -OCH3 is 1. The fraction of sp³-hybridized carbons (Fsp3) is 0.125. The van der Waals surface area contributed by atoms with Crippen LogP contribution < -0.4 is 14.8 Å². The molecule has 0 bridgehead atoms. The fourth-order valence-electron chi connectivity index (χ4n) is 2.83. The van der Waals surface area contributed by atoms with Gasteiger partial charge in [0.15, 0.2) is 0 Å². The first-order valence-corrected chi connectivity index (χ1v) is 11.7. The van der Waals surface area contributed by atoms with Gasteiger partial charge < -0.3 is 9.47 Å². The van der Waals surface area contributed by atoms with Gasteiger partial charge in [-0.2, -0.15) is 0 Å². The minimum atomic E-state index is -0.242. The summed E-state index contributed by atoms with van der Waals surface area (Å²) in [6.45, 7) is 0.587. The van der Waals surface area contributed by atoms with Crippen LogP contribution in [0.2, 0.25) is 0 Å². The molecule has 1 heterocycles. The normalized spacial score (nSPS) is 10.5. The number of carbonyl (C=O) groups excluding carboxylic acids is 1. The van der Waals surface area contributed by atoms with Gasteiger partial charge in [0, 0.05) is 21.8 Å². The average molecular weight is 464 g/mol. The highest BCUT2D eigenvalue weighted by atomic mass is 32.2. The maximum absolute atomic E-state index is 12.5. The molecule has 6 nitrogen and oxygen atoms in total. The van der Waals surface area contributed by atoms with Crippen molar-refractivity contribution in [2.75, 3.05) is 24.8 Å². The third kappa shape index (κ3) is 5.87. The molecule has 0 fully saturated rings. The molecule has 0 aliphatic carbocycles. The number of aromatic nitrogens is 2. The molecule has 0 saturated carbocycles. The third-order valence-electron chi connectivity index (χ3n) is 4.46. The zero-order valence-electron chi connectivity index (χ0n) is 17.4. The second-order valence-corrected chi connectivity index (χ2v) is 8.78. The van der Waals surface area contributed by atoms with E-state index in [-0.39, 0.29) is 5.91 Å². The topological polar surface area (TPSA) is 73.3 Å². The number of ether oxygens (including phenoxy) is 2. The number of thioether (sulfide) groups is 1. The monoisotopic (exact) mass is 463 g/mol. The Bertz CT molecular complexity index is 1150. The van der Waals surface area contributed by atoms with Crippen molar-refractivity contribution in [3.8, 4) is 22.1 Å². The molecule has 1 N–H and O–H groups in total. The van der Waals surface area contributed by atoms with E-state index in [2.05, 4.69) is 27.6 Å². The van der Waals surface area contributed by atoms with Crippen LogP contribution in [0.3, 0.4) is 0 Å². The van der Waals surface area contributed by atoms with E-state index in [1.165, 1.54) is 16.2 Å². The molecule has 3 aromatic carbocycles. The molecule has 0 unspecified atom stereocenters. The Balaban J connectivity index is 1.27. The summed E-state index contributed by atoms with van der Waals surface area (Å²) in [4.78, 5) is 13.8. The number of amides is 1. The maximum Gasteiger partial charge on any atom is 0.257 e. The highest BCUT2D eigenvalue weighted by Crippen LogP contribution is 2.28. The largest absolute Gasteiger partial charge is 0.497 e. The van der Waals surface area contributed by atoms with Gasteiger partial charge in [-0.05, 0) is 60.7 Å². The van der Waals surface area contributed by atoms with Gasteiger partial charge in [0.1, 0.15) is 16.5 Å². The summed E-state index contributed by atoms with van der Waals surface area (Å²) >= 11 is 3.06. The van der Waals surface area contributed by atoms with Crippen LogP contribution in [0.25, 0.3) is 10.6 Å². The second kappa shape index (κ2) is 10.8. The summed E-state index contributed by atoms with van der Waals surface area (Å²) in [5.74, 6) is 2.11. The van der Waals surface area contributed by atoms with Crippen molar-refractivity contribution in [3.63, 3.8) is 0 Å². The van der Waals surface area contributed by atoms with Gasteiger partial charge in [-0.15, -0.1) is 22.0 Å². The van der Waals surface area contributed by atoms with E-state index >= 15 is 0 Å². The molecule has 1 amide bonds. The van der Waals surface area contributed by atoms with Gasteiger partial charge >= 0.3 is 0 Å². The first-order chi connectivity index (χ1) is 15.7. The minimum absolute atomic E-state index is 0.242. The quantitative estimate of drug-likeness (QED) is 0.256. The molecule has 32 heavy (non-hydrogen) atoms. The Morgan fingerprint density at radius 2 is 1.66 bits per heavy atom. The van der Waals surface area contributed by atoms with E-state index in [0.29, 0.717) is 17.3 Å². The van der Waals surface area contributed by atoms with E-state index in [9.17, 15) is 4.79 Å². The zero-order valence-corrected chi connectivity index (χ0v) is 19.0. The fourth-order valence-corrected chi connectivity index (χ4v) is 4.33. The van der Waals surface area contributed by atoms with E-state index in [1.54, 1.807) is 43.1 Å². The van der Waals surface area contributed by atoms with Crippen molar-refractivity contribution in [1.29, 1.82) is 0 Å². The number of hydrogen-bond acceptors (Lipinski definition) is 7. The molecular formula is C24H21N3O3S2. The number of carbonyl (C=O) groups is 1. The molecular weight excluding hydrogens is 442 g/mol. The Kier molecular flexibility index (Phi) is 7.37. The lowest BCUT2D eigenvalue weighted by Gasteiger charge is -2.07. The molecule has 162 valence electrons. The standard InChI is InChI=1S/C24H21N3O3S2/c1-29-19-11-9-18(10-12-19)23-26-27-24(32-23)25-22(28)17-7-13-20(14-8-17)30-15-16-31-21-5-3-2-4-6-21/h2-14H,15-16H2,1H3,(H,25,27,28). The number of nitrogens with one attached hydrogen (secondary N) is 1. The molecule has 1 aromatic heterocycles. The van der Waals surface area contributed by atoms with Crippen molar-refractivity contribution in [2.45, 2.75) is 4.90 Å². The van der Waals surface area contributed by atoms with E-state index < -0.39 is 0 Å². The summed E-state index contributed by atoms with van der Waals surface area (Å²) in [5, 5.41) is 12.2. The van der Waals surface area contributed by atoms with Crippen LogP contribution in [-0.2, 0) is 0 Å². The van der Waals surface area contributed by atoms with E-state index in [1.807, 2.05) is 42.5 Å². The van der Waals surface area contributed by atoms with Gasteiger partial charge in [0.25, 0.3) is 5.91 Å². The van der Waals surface area contributed by atoms with Crippen molar-refractivity contribution in [2.24, 2.45) is 0 Å². The molecule has 0 aliphatic rings. The van der Waals surface area contributed by atoms with Crippen LogP contribution in [0.4, 0.5) is 5.13 Å². The number of anilines is 1. The van der Waals surface area contributed by atoms with Gasteiger partial charge in [-0.1, -0.05) is 29.5 Å². The zero-order chi connectivity index (χ0) is 22.2. The van der Waals surface area contributed by atoms with Gasteiger partial charge in [0.2, 0.25) is 5.13 Å². The van der Waals surface area contributed by atoms with Crippen LogP contribution in [0.5, 0.6) is 11.5 Å². The lowest BCUT2D eigenvalue weighted by Crippen LogP contribution is -2.11. The maximum atomic E-state index is 12.5. The van der Waals surface area contributed by atoms with Crippen molar-refractivity contribution in [1.82, 2.24) is 10.2 Å². The summed E-state index contributed by atoms with van der Waals surface area (Å²) in [5.41, 5.74) is 1.44. The van der Waals surface area contributed by atoms with Gasteiger partial charge in [-0.25, -0.2) is 0 Å². The number of benzene rings is 3. The molecule has 0 saturated heterocycles. The predicted molar refractivity (Wildman–Crippen MR) is 129 cm³/mol. The SMILES string of the molecule is COc1ccc(-c2nnc(NC(=O)c3ccc(OCCSc4ccccc4)cc3)s2)cc1. The average Bonchev–Trinajstić information content (AvgIpc) is 3.31. The summed E-state index contributed by atoms with van der Waals surface area (Å²) in [6, 6.07) is 24.8. The molecule has 0 spiro atoms. The van der Waals surface area contributed by atoms with E-state index in [0.717, 1.165) is 27.8 Å². The molecule has 4 rings (SSSR count). The van der Waals surface area contributed by atoms with Crippen LogP contribution >= 0.6 is 23.1 Å². The van der Waals surface area contributed by atoms with Crippen LogP contribution in [0.1, 0.15) is 10.4 Å². The highest BCUT2D eigenvalue weighted by Gasteiger charge is 2.12. The molecule has 0 atom stereocenters. The second-order valence-electron chi connectivity index (χ2n) is 6.63. The Hall–Kier alpha value is -3.36. The van der Waals surface area contributed by atoms with E-state index in [4.69, 9.17) is 9.47 Å². The highest BCUT2D eigenvalue weighted by molar-refractivity contribution is 7.99. The van der Waals surface area contributed by atoms with Gasteiger partial charge in [-0.3, -0.25) is 10.1 Å². The summed E-state index contributed by atoms with van der Waals surface area (Å²) in [7, 11) is 1.62. The number of nitrogens with zero attached hydrogens (tertiary/aromatic N) is 2. The van der Waals surface area contributed by atoms with Crippen LogP contribution in [0.15, 0.2) is 83.8 Å². The Morgan fingerprint density at radius 1 is 0.938 bits per heavy atom. The molecule has 0 radical (unpaired) electrons. The Morgan fingerprint density at radius 3 is 2.38 bits per heavy atom. The summed E-state index contributed by atoms with van der Waals surface area (Å²) in [6.07, 6.45) is 0. The van der Waals surface area contributed by atoms with Crippen LogP contribution in [0, 0.1) is 0 Å². The number of hydrogen-bond donors (Lipinski definition) is 1. The summed E-state index contributed by atoms with van der Waals surface area (Å²) < 4.78 is 10.9. The van der Waals surface area contributed by atoms with Gasteiger partial charge in [0.05, 0.1) is 13.7 Å². The van der Waals surface area contributed by atoms with Crippen molar-refractivity contribution >= 4 is 34.1 Å². The first-order valence-electron chi connectivity index (χ1n) is 9.91. The van der Waals surface area contributed by atoms with Crippen LogP contribution in [-0.4, -0.2) is 35.6 Å². The van der Waals surface area contributed by atoms with Crippen molar-refractivity contribution in [3.05, 3.63) is 84.4 Å². The lowest BCUT2D eigenvalue weighted by molar-refractivity contribution is 0.102.